The van der Waals surface area contributed by atoms with Gasteiger partial charge in [-0.1, -0.05) is 0 Å². The summed E-state index contributed by atoms with van der Waals surface area (Å²) in [5, 5.41) is 3.59. The maximum Gasteiger partial charge on any atom is 0.213 e. The van der Waals surface area contributed by atoms with Crippen molar-refractivity contribution in [1.82, 2.24) is 20.3 Å². The molecule has 3 rings (SSSR count). The van der Waals surface area contributed by atoms with Crippen LogP contribution < -0.4 is 15.0 Å². The number of pyridine rings is 1. The van der Waals surface area contributed by atoms with E-state index in [9.17, 15) is 0 Å². The summed E-state index contributed by atoms with van der Waals surface area (Å²) in [7, 11) is 3.42. The predicted molar refractivity (Wildman–Crippen MR) is 101 cm³/mol. The first-order valence-corrected chi connectivity index (χ1v) is 8.89. The lowest BCUT2D eigenvalue weighted by molar-refractivity contribution is 0.118. The fraction of sp³-hybridized carbons (Fsp3) is 0.526. The molecule has 0 bridgehead atoms. The van der Waals surface area contributed by atoms with E-state index in [1.165, 1.54) is 11.1 Å². The second-order valence-electron chi connectivity index (χ2n) is 6.64. The highest BCUT2D eigenvalue weighted by Gasteiger charge is 2.32. The molecule has 2 atom stereocenters. The van der Waals surface area contributed by atoms with E-state index in [0.717, 1.165) is 37.6 Å². The Bertz CT molecular complexity index is 702. The van der Waals surface area contributed by atoms with Gasteiger partial charge < -0.3 is 19.7 Å². The molecule has 0 saturated carbocycles. The molecule has 2 aromatic heterocycles. The minimum atomic E-state index is 0.225. The largest absolute Gasteiger partial charge is 0.481 e. The average molecular weight is 357 g/mol. The van der Waals surface area contributed by atoms with Crippen molar-refractivity contribution < 1.29 is 9.47 Å². The summed E-state index contributed by atoms with van der Waals surface area (Å²) >= 11 is 0. The SMILES string of the molecule is COc1cc(C)c(CNC[C@H]2C[C@@H](OC)CN2c2ccncn2)c(C)n1. The summed E-state index contributed by atoms with van der Waals surface area (Å²) in [5.74, 6) is 1.61. The second kappa shape index (κ2) is 8.42. The van der Waals surface area contributed by atoms with Crippen molar-refractivity contribution in [2.75, 3.05) is 32.2 Å². The number of aryl methyl sites for hydroxylation is 2. The third-order valence-corrected chi connectivity index (χ3v) is 4.99. The molecule has 7 heteroatoms. The first-order chi connectivity index (χ1) is 12.6. The molecule has 1 fully saturated rings. The molecule has 0 aliphatic carbocycles. The predicted octanol–water partition coefficient (Wildman–Crippen LogP) is 1.88. The highest BCUT2D eigenvalue weighted by atomic mass is 16.5. The van der Waals surface area contributed by atoms with Crippen LogP contribution in [0.4, 0.5) is 5.82 Å². The van der Waals surface area contributed by atoms with E-state index in [0.29, 0.717) is 11.9 Å². The highest BCUT2D eigenvalue weighted by Crippen LogP contribution is 2.25. The van der Waals surface area contributed by atoms with Gasteiger partial charge in [-0.25, -0.2) is 15.0 Å². The second-order valence-corrected chi connectivity index (χ2v) is 6.64. The number of nitrogens with zero attached hydrogens (tertiary/aromatic N) is 4. The molecular formula is C19H27N5O2. The summed E-state index contributed by atoms with van der Waals surface area (Å²) in [6, 6.07) is 4.27. The van der Waals surface area contributed by atoms with Gasteiger partial charge in [-0.15, -0.1) is 0 Å². The molecule has 1 aliphatic heterocycles. The van der Waals surface area contributed by atoms with Gasteiger partial charge in [0.1, 0.15) is 12.1 Å². The van der Waals surface area contributed by atoms with Crippen molar-refractivity contribution in [1.29, 1.82) is 0 Å². The number of aromatic nitrogens is 3. The smallest absolute Gasteiger partial charge is 0.213 e. The Hall–Kier alpha value is -2.25. The van der Waals surface area contributed by atoms with Crippen LogP contribution in [-0.2, 0) is 11.3 Å². The van der Waals surface area contributed by atoms with Crippen LogP contribution in [0.15, 0.2) is 24.7 Å². The number of rotatable bonds is 7. The molecule has 26 heavy (non-hydrogen) atoms. The minimum absolute atomic E-state index is 0.225. The number of hydrogen-bond donors (Lipinski definition) is 1. The van der Waals surface area contributed by atoms with Crippen LogP contribution in [0.1, 0.15) is 23.2 Å². The summed E-state index contributed by atoms with van der Waals surface area (Å²) in [6.45, 7) is 6.60. The van der Waals surface area contributed by atoms with Crippen molar-refractivity contribution in [2.24, 2.45) is 0 Å². The van der Waals surface area contributed by atoms with E-state index in [1.54, 1.807) is 26.7 Å². The van der Waals surface area contributed by atoms with Gasteiger partial charge in [-0.3, -0.25) is 0 Å². The molecule has 0 unspecified atom stereocenters. The zero-order valence-electron chi connectivity index (χ0n) is 15.9. The van der Waals surface area contributed by atoms with E-state index >= 15 is 0 Å². The molecule has 0 radical (unpaired) electrons. The van der Waals surface area contributed by atoms with Gasteiger partial charge in [0, 0.05) is 50.7 Å². The van der Waals surface area contributed by atoms with E-state index in [2.05, 4.69) is 32.1 Å². The number of hydrogen-bond acceptors (Lipinski definition) is 7. The van der Waals surface area contributed by atoms with Crippen molar-refractivity contribution in [3.63, 3.8) is 0 Å². The Morgan fingerprint density at radius 2 is 2.15 bits per heavy atom. The summed E-state index contributed by atoms with van der Waals surface area (Å²) < 4.78 is 10.8. The Morgan fingerprint density at radius 1 is 1.31 bits per heavy atom. The fourth-order valence-corrected chi connectivity index (χ4v) is 3.53. The van der Waals surface area contributed by atoms with Gasteiger partial charge in [-0.05, 0) is 37.5 Å². The monoisotopic (exact) mass is 357 g/mol. The molecule has 1 saturated heterocycles. The third kappa shape index (κ3) is 4.11. The summed E-state index contributed by atoms with van der Waals surface area (Å²) in [6.07, 6.45) is 4.58. The first kappa shape index (κ1) is 18.5. The molecule has 0 amide bonds. The maximum absolute atomic E-state index is 5.58. The van der Waals surface area contributed by atoms with E-state index < -0.39 is 0 Å². The molecule has 1 N–H and O–H groups in total. The summed E-state index contributed by atoms with van der Waals surface area (Å²) in [5.41, 5.74) is 3.42. The van der Waals surface area contributed by atoms with Crippen LogP contribution in [0, 0.1) is 13.8 Å². The lowest BCUT2D eigenvalue weighted by atomic mass is 10.1. The van der Waals surface area contributed by atoms with Crippen LogP contribution >= 0.6 is 0 Å². The van der Waals surface area contributed by atoms with Crippen LogP contribution in [0.3, 0.4) is 0 Å². The molecule has 3 heterocycles. The normalized spacial score (nSPS) is 19.8. The molecule has 140 valence electrons. The lowest BCUT2D eigenvalue weighted by Gasteiger charge is -2.25. The Balaban J connectivity index is 1.65. The van der Waals surface area contributed by atoms with Gasteiger partial charge in [0.05, 0.1) is 13.2 Å². The van der Waals surface area contributed by atoms with Crippen LogP contribution in [0.25, 0.3) is 0 Å². The number of anilines is 1. The van der Waals surface area contributed by atoms with Crippen LogP contribution in [-0.4, -0.2) is 54.4 Å². The number of nitrogens with one attached hydrogen (secondary N) is 1. The van der Waals surface area contributed by atoms with Gasteiger partial charge >= 0.3 is 0 Å². The van der Waals surface area contributed by atoms with Gasteiger partial charge in [0.25, 0.3) is 0 Å². The van der Waals surface area contributed by atoms with E-state index in [4.69, 9.17) is 9.47 Å². The van der Waals surface area contributed by atoms with Crippen molar-refractivity contribution in [2.45, 2.75) is 39.0 Å². The van der Waals surface area contributed by atoms with Gasteiger partial charge in [0.15, 0.2) is 0 Å². The Kier molecular flexibility index (Phi) is 6.00. The quantitative estimate of drug-likeness (QED) is 0.811. The molecule has 2 aromatic rings. The van der Waals surface area contributed by atoms with E-state index in [1.807, 2.05) is 19.1 Å². The fourth-order valence-electron chi connectivity index (χ4n) is 3.53. The Morgan fingerprint density at radius 3 is 2.81 bits per heavy atom. The minimum Gasteiger partial charge on any atom is -0.481 e. The Labute approximate surface area is 154 Å². The van der Waals surface area contributed by atoms with Crippen molar-refractivity contribution in [3.05, 3.63) is 41.5 Å². The van der Waals surface area contributed by atoms with Crippen molar-refractivity contribution in [3.8, 4) is 5.88 Å². The van der Waals surface area contributed by atoms with Crippen LogP contribution in [0.5, 0.6) is 5.88 Å². The summed E-state index contributed by atoms with van der Waals surface area (Å²) in [4.78, 5) is 15.2. The van der Waals surface area contributed by atoms with Gasteiger partial charge in [-0.2, -0.15) is 0 Å². The molecule has 7 nitrogen and oxygen atoms in total. The molecular weight excluding hydrogens is 330 g/mol. The molecule has 0 aromatic carbocycles. The number of methoxy groups -OCH3 is 2. The molecule has 1 aliphatic rings. The topological polar surface area (TPSA) is 72.4 Å². The standard InChI is InChI=1S/C19H27N5O2/c1-13-7-19(26-4)23-14(2)17(13)10-21-9-15-8-16(25-3)11-24(15)18-5-6-20-12-22-18/h5-7,12,15-16,21H,8-11H2,1-4H3/t15-,16-/m1/s1. The average Bonchev–Trinajstić information content (AvgIpc) is 3.07. The van der Waals surface area contributed by atoms with Gasteiger partial charge in [0.2, 0.25) is 5.88 Å². The highest BCUT2D eigenvalue weighted by molar-refractivity contribution is 5.40. The van der Waals surface area contributed by atoms with E-state index in [-0.39, 0.29) is 6.10 Å². The maximum atomic E-state index is 5.58. The lowest BCUT2D eigenvalue weighted by Crippen LogP contribution is -2.38. The zero-order valence-corrected chi connectivity index (χ0v) is 15.9. The number of ether oxygens (including phenoxy) is 2. The molecule has 0 spiro atoms. The third-order valence-electron chi connectivity index (χ3n) is 4.99. The van der Waals surface area contributed by atoms with Crippen LogP contribution in [0.2, 0.25) is 0 Å². The van der Waals surface area contributed by atoms with Crippen molar-refractivity contribution >= 4 is 5.82 Å². The zero-order chi connectivity index (χ0) is 18.5. The first-order valence-electron chi connectivity index (χ1n) is 8.89.